The van der Waals surface area contributed by atoms with Crippen LogP contribution in [0, 0.1) is 13.8 Å². The van der Waals surface area contributed by atoms with Crippen LogP contribution < -0.4 is 5.73 Å². The normalized spacial score (nSPS) is 20.6. The van der Waals surface area contributed by atoms with E-state index in [-0.39, 0.29) is 6.10 Å². The van der Waals surface area contributed by atoms with E-state index in [0.717, 1.165) is 41.6 Å². The highest BCUT2D eigenvalue weighted by atomic mass is 16.3. The molecule has 1 unspecified atom stereocenters. The number of fused-ring (bicyclic) bond motifs is 1. The van der Waals surface area contributed by atoms with Gasteiger partial charge < -0.3 is 10.8 Å². The molecule has 2 rings (SSSR count). The summed E-state index contributed by atoms with van der Waals surface area (Å²) in [6.07, 6.45) is 2.73. The number of nitrogen functional groups attached to an aromatic ring is 1. The third-order valence-corrected chi connectivity index (χ3v) is 3.25. The molecule has 0 fully saturated rings. The van der Waals surface area contributed by atoms with Crippen LogP contribution in [0.4, 0.5) is 5.69 Å². The summed E-state index contributed by atoms with van der Waals surface area (Å²) >= 11 is 0. The van der Waals surface area contributed by atoms with Gasteiger partial charge in [0.25, 0.3) is 0 Å². The summed E-state index contributed by atoms with van der Waals surface area (Å²) in [4.78, 5) is 0. The lowest BCUT2D eigenvalue weighted by Crippen LogP contribution is -2.13. The lowest BCUT2D eigenvalue weighted by molar-refractivity contribution is 0.155. The van der Waals surface area contributed by atoms with Crippen molar-refractivity contribution in [3.05, 3.63) is 28.3 Å². The number of aryl methyl sites for hydroxylation is 1. The first kappa shape index (κ1) is 9.53. The van der Waals surface area contributed by atoms with Crippen LogP contribution in [-0.4, -0.2) is 5.11 Å². The van der Waals surface area contributed by atoms with Crippen molar-refractivity contribution in [3.8, 4) is 0 Å². The number of benzene rings is 1. The molecule has 1 aliphatic rings. The summed E-state index contributed by atoms with van der Waals surface area (Å²) in [7, 11) is 0. The van der Waals surface area contributed by atoms with Crippen molar-refractivity contribution >= 4 is 5.69 Å². The number of hydrogen-bond acceptors (Lipinski definition) is 2. The first-order valence-electron chi connectivity index (χ1n) is 5.17. The van der Waals surface area contributed by atoms with E-state index in [1.165, 1.54) is 5.56 Å². The number of hydrogen-bond donors (Lipinski definition) is 2. The molecule has 0 saturated carbocycles. The Bertz CT molecular complexity index is 371. The summed E-state index contributed by atoms with van der Waals surface area (Å²) in [6, 6.07) is 1.97. The van der Waals surface area contributed by atoms with Gasteiger partial charge in [-0.2, -0.15) is 0 Å². The van der Waals surface area contributed by atoms with E-state index >= 15 is 0 Å². The molecule has 0 spiro atoms. The van der Waals surface area contributed by atoms with Gasteiger partial charge in [0.2, 0.25) is 0 Å². The van der Waals surface area contributed by atoms with Crippen LogP contribution in [-0.2, 0) is 6.42 Å². The van der Waals surface area contributed by atoms with Crippen molar-refractivity contribution in [2.24, 2.45) is 0 Å². The fourth-order valence-corrected chi connectivity index (χ4v) is 2.44. The second kappa shape index (κ2) is 3.28. The van der Waals surface area contributed by atoms with Crippen LogP contribution in [0.3, 0.4) is 0 Å². The maximum Gasteiger partial charge on any atom is 0.0795 e. The Morgan fingerprint density at radius 1 is 1.43 bits per heavy atom. The van der Waals surface area contributed by atoms with Crippen molar-refractivity contribution < 1.29 is 5.11 Å². The standard InChI is InChI=1S/C12H17NO/c1-7-6-10(13)8(2)9-4-3-5-11(14)12(7)9/h6,11,14H,3-5,13H2,1-2H3. The molecule has 2 nitrogen and oxygen atoms in total. The van der Waals surface area contributed by atoms with E-state index in [2.05, 4.69) is 0 Å². The van der Waals surface area contributed by atoms with Crippen molar-refractivity contribution in [2.75, 3.05) is 5.73 Å². The first-order valence-corrected chi connectivity index (χ1v) is 5.17. The number of aliphatic hydroxyl groups is 1. The molecular formula is C12H17NO. The largest absolute Gasteiger partial charge is 0.398 e. The summed E-state index contributed by atoms with van der Waals surface area (Å²) in [5.41, 5.74) is 11.5. The maximum atomic E-state index is 9.92. The lowest BCUT2D eigenvalue weighted by Gasteiger charge is -2.26. The zero-order valence-electron chi connectivity index (χ0n) is 8.80. The molecule has 1 atom stereocenters. The van der Waals surface area contributed by atoms with E-state index in [1.807, 2.05) is 19.9 Å². The van der Waals surface area contributed by atoms with Crippen molar-refractivity contribution in [1.82, 2.24) is 0 Å². The van der Waals surface area contributed by atoms with Gasteiger partial charge in [0.05, 0.1) is 6.10 Å². The highest BCUT2D eigenvalue weighted by molar-refractivity contribution is 5.57. The maximum absolute atomic E-state index is 9.92. The topological polar surface area (TPSA) is 46.2 Å². The smallest absolute Gasteiger partial charge is 0.0795 e. The van der Waals surface area contributed by atoms with E-state index in [0.29, 0.717) is 0 Å². The SMILES string of the molecule is Cc1cc(N)c(C)c2c1C(O)CCC2. The van der Waals surface area contributed by atoms with E-state index < -0.39 is 0 Å². The van der Waals surface area contributed by atoms with Gasteiger partial charge in [0, 0.05) is 5.69 Å². The fourth-order valence-electron chi connectivity index (χ4n) is 2.44. The fraction of sp³-hybridized carbons (Fsp3) is 0.500. The molecule has 76 valence electrons. The quantitative estimate of drug-likeness (QED) is 0.618. The molecule has 0 heterocycles. The molecule has 1 aliphatic carbocycles. The highest BCUT2D eigenvalue weighted by Gasteiger charge is 2.22. The lowest BCUT2D eigenvalue weighted by atomic mass is 9.83. The Kier molecular flexibility index (Phi) is 2.23. The predicted molar refractivity (Wildman–Crippen MR) is 58.2 cm³/mol. The summed E-state index contributed by atoms with van der Waals surface area (Å²) in [5.74, 6) is 0. The average Bonchev–Trinajstić information content (AvgIpc) is 2.14. The minimum absolute atomic E-state index is 0.280. The van der Waals surface area contributed by atoms with Crippen LogP contribution in [0.5, 0.6) is 0 Å². The Balaban J connectivity index is 2.66. The number of anilines is 1. The zero-order chi connectivity index (χ0) is 10.3. The van der Waals surface area contributed by atoms with E-state index in [1.54, 1.807) is 0 Å². The Morgan fingerprint density at radius 2 is 2.14 bits per heavy atom. The predicted octanol–water partition coefficient (Wildman–Crippen LogP) is 2.26. The number of rotatable bonds is 0. The van der Waals surface area contributed by atoms with Crippen LogP contribution >= 0.6 is 0 Å². The highest BCUT2D eigenvalue weighted by Crippen LogP contribution is 2.36. The molecule has 1 aromatic carbocycles. The first-order chi connectivity index (χ1) is 6.61. The van der Waals surface area contributed by atoms with E-state index in [9.17, 15) is 5.11 Å². The second-order valence-electron chi connectivity index (χ2n) is 4.21. The molecule has 0 radical (unpaired) electrons. The van der Waals surface area contributed by atoms with Crippen molar-refractivity contribution in [1.29, 1.82) is 0 Å². The van der Waals surface area contributed by atoms with Gasteiger partial charge in [-0.15, -0.1) is 0 Å². The van der Waals surface area contributed by atoms with Gasteiger partial charge in [-0.1, -0.05) is 0 Å². The zero-order valence-corrected chi connectivity index (χ0v) is 8.80. The molecule has 1 aromatic rings. The molecule has 0 amide bonds. The molecular weight excluding hydrogens is 174 g/mol. The average molecular weight is 191 g/mol. The summed E-state index contributed by atoms with van der Waals surface area (Å²) in [5, 5.41) is 9.92. The Labute approximate surface area is 84.7 Å². The van der Waals surface area contributed by atoms with Gasteiger partial charge in [0.15, 0.2) is 0 Å². The Morgan fingerprint density at radius 3 is 2.86 bits per heavy atom. The summed E-state index contributed by atoms with van der Waals surface area (Å²) in [6.45, 7) is 4.08. The van der Waals surface area contributed by atoms with Gasteiger partial charge in [-0.3, -0.25) is 0 Å². The van der Waals surface area contributed by atoms with Crippen LogP contribution in [0.1, 0.15) is 41.2 Å². The number of nitrogens with two attached hydrogens (primary N) is 1. The van der Waals surface area contributed by atoms with Crippen molar-refractivity contribution in [3.63, 3.8) is 0 Å². The molecule has 0 saturated heterocycles. The van der Waals surface area contributed by atoms with Gasteiger partial charge in [-0.05, 0) is 61.4 Å². The minimum atomic E-state index is -0.280. The van der Waals surface area contributed by atoms with Crippen LogP contribution in [0.15, 0.2) is 6.07 Å². The molecule has 0 bridgehead atoms. The van der Waals surface area contributed by atoms with E-state index in [4.69, 9.17) is 5.73 Å². The van der Waals surface area contributed by atoms with Crippen LogP contribution in [0.25, 0.3) is 0 Å². The monoisotopic (exact) mass is 191 g/mol. The second-order valence-corrected chi connectivity index (χ2v) is 4.21. The molecule has 3 N–H and O–H groups in total. The van der Waals surface area contributed by atoms with Gasteiger partial charge >= 0.3 is 0 Å². The third kappa shape index (κ3) is 1.30. The summed E-state index contributed by atoms with van der Waals surface area (Å²) < 4.78 is 0. The molecule has 0 aromatic heterocycles. The van der Waals surface area contributed by atoms with Gasteiger partial charge in [0.1, 0.15) is 0 Å². The minimum Gasteiger partial charge on any atom is -0.398 e. The molecule has 2 heteroatoms. The number of aliphatic hydroxyl groups excluding tert-OH is 1. The molecule has 14 heavy (non-hydrogen) atoms. The Hall–Kier alpha value is -1.02. The van der Waals surface area contributed by atoms with Crippen molar-refractivity contribution in [2.45, 2.75) is 39.2 Å². The molecule has 0 aliphatic heterocycles. The van der Waals surface area contributed by atoms with Gasteiger partial charge in [-0.25, -0.2) is 0 Å². The van der Waals surface area contributed by atoms with Crippen LogP contribution in [0.2, 0.25) is 0 Å². The third-order valence-electron chi connectivity index (χ3n) is 3.25.